The second-order valence-electron chi connectivity index (χ2n) is 6.74. The van der Waals surface area contributed by atoms with Crippen molar-refractivity contribution in [3.8, 4) is 11.3 Å². The molecule has 0 unspecified atom stereocenters. The topological polar surface area (TPSA) is 29.9 Å². The first kappa shape index (κ1) is 19.8. The molecular formula is C20H15ClF5N3. The van der Waals surface area contributed by atoms with Crippen molar-refractivity contribution in [2.24, 2.45) is 0 Å². The molecule has 0 saturated carbocycles. The second-order valence-corrected chi connectivity index (χ2v) is 7.17. The van der Waals surface area contributed by atoms with Crippen LogP contribution < -0.4 is 5.32 Å². The lowest BCUT2D eigenvalue weighted by Gasteiger charge is -2.11. The van der Waals surface area contributed by atoms with Crippen LogP contribution in [0.25, 0.3) is 11.3 Å². The molecule has 0 atom stereocenters. The predicted octanol–water partition coefficient (Wildman–Crippen LogP) is 4.64. The van der Waals surface area contributed by atoms with E-state index in [0.717, 1.165) is 11.1 Å². The number of fused-ring (bicyclic) bond motifs is 1. The minimum Gasteiger partial charge on any atom is -0.316 e. The van der Waals surface area contributed by atoms with Crippen LogP contribution in [0.3, 0.4) is 0 Å². The van der Waals surface area contributed by atoms with E-state index in [1.54, 1.807) is 24.3 Å². The maximum atomic E-state index is 14.2. The predicted molar refractivity (Wildman–Crippen MR) is 98.3 cm³/mol. The van der Waals surface area contributed by atoms with E-state index in [-0.39, 0.29) is 0 Å². The van der Waals surface area contributed by atoms with Gasteiger partial charge in [-0.3, -0.25) is 4.68 Å². The molecule has 9 heteroatoms. The number of hydrogen-bond donors (Lipinski definition) is 1. The fraction of sp³-hybridized carbons (Fsp3) is 0.250. The molecule has 1 N–H and O–H groups in total. The Morgan fingerprint density at radius 2 is 1.45 bits per heavy atom. The average Bonchev–Trinajstić information content (AvgIpc) is 2.89. The van der Waals surface area contributed by atoms with E-state index in [0.29, 0.717) is 42.3 Å². The van der Waals surface area contributed by atoms with Crippen molar-refractivity contribution in [2.75, 3.05) is 13.1 Å². The van der Waals surface area contributed by atoms with Gasteiger partial charge in [-0.05, 0) is 25.1 Å². The number of nitrogens with one attached hydrogen (secondary N) is 1. The normalized spacial score (nSPS) is 14.0. The molecule has 4 rings (SSSR count). The number of benzene rings is 2. The monoisotopic (exact) mass is 427 g/mol. The van der Waals surface area contributed by atoms with Crippen LogP contribution in [0, 0.1) is 29.1 Å². The summed E-state index contributed by atoms with van der Waals surface area (Å²) in [5, 5.41) is 8.24. The zero-order valence-electron chi connectivity index (χ0n) is 15.0. The highest BCUT2D eigenvalue weighted by Crippen LogP contribution is 2.30. The fourth-order valence-electron chi connectivity index (χ4n) is 3.53. The fourth-order valence-corrected chi connectivity index (χ4v) is 3.66. The molecular weight excluding hydrogens is 413 g/mol. The van der Waals surface area contributed by atoms with Crippen LogP contribution in [0.1, 0.15) is 16.8 Å². The lowest BCUT2D eigenvalue weighted by Crippen LogP contribution is -2.18. The zero-order valence-corrected chi connectivity index (χ0v) is 15.8. The molecule has 3 nitrogen and oxygen atoms in total. The van der Waals surface area contributed by atoms with E-state index < -0.39 is 41.2 Å². The van der Waals surface area contributed by atoms with Gasteiger partial charge in [0.2, 0.25) is 5.82 Å². The van der Waals surface area contributed by atoms with Gasteiger partial charge in [-0.2, -0.15) is 5.10 Å². The van der Waals surface area contributed by atoms with Crippen LogP contribution in [0.4, 0.5) is 22.0 Å². The standard InChI is InChI=1S/C20H15ClF5N3/c21-11-3-1-10(2-4-11)20-12-5-7-27-8-6-14(12)29(28-20)9-13-15(22)17(24)19(26)18(25)16(13)23/h1-4,27H,5-9H2. The molecule has 1 aromatic heterocycles. The van der Waals surface area contributed by atoms with Crippen molar-refractivity contribution < 1.29 is 22.0 Å². The van der Waals surface area contributed by atoms with Gasteiger partial charge < -0.3 is 5.32 Å². The van der Waals surface area contributed by atoms with Crippen LogP contribution in [-0.2, 0) is 19.4 Å². The third kappa shape index (κ3) is 3.51. The molecule has 0 bridgehead atoms. The van der Waals surface area contributed by atoms with Gasteiger partial charge in [0.1, 0.15) is 0 Å². The second kappa shape index (κ2) is 7.76. The van der Waals surface area contributed by atoms with Crippen molar-refractivity contribution in [1.29, 1.82) is 0 Å². The van der Waals surface area contributed by atoms with E-state index in [4.69, 9.17) is 11.6 Å². The molecule has 0 spiro atoms. The van der Waals surface area contributed by atoms with E-state index in [9.17, 15) is 22.0 Å². The molecule has 3 aromatic rings. The minimum absolute atomic E-state index is 0.505. The number of nitrogens with zero attached hydrogens (tertiary/aromatic N) is 2. The third-order valence-corrected chi connectivity index (χ3v) is 5.24. The Labute approximate surface area is 168 Å². The Hall–Kier alpha value is -2.45. The SMILES string of the molecule is Fc1c(F)c(F)c(Cn2nc(-c3ccc(Cl)cc3)c3c2CCNCC3)c(F)c1F. The molecule has 1 aliphatic rings. The van der Waals surface area contributed by atoms with E-state index >= 15 is 0 Å². The van der Waals surface area contributed by atoms with Crippen molar-refractivity contribution >= 4 is 11.6 Å². The molecule has 0 aliphatic carbocycles. The highest BCUT2D eigenvalue weighted by atomic mass is 35.5. The first-order valence-corrected chi connectivity index (χ1v) is 9.31. The van der Waals surface area contributed by atoms with Gasteiger partial charge in [-0.15, -0.1) is 0 Å². The summed E-state index contributed by atoms with van der Waals surface area (Å²) in [5.41, 5.74) is 2.02. The molecule has 2 aromatic carbocycles. The van der Waals surface area contributed by atoms with Gasteiger partial charge in [0.15, 0.2) is 23.3 Å². The number of aromatic nitrogens is 2. The van der Waals surface area contributed by atoms with Gasteiger partial charge in [0.25, 0.3) is 0 Å². The number of halogens is 6. The Morgan fingerprint density at radius 3 is 2.10 bits per heavy atom. The summed E-state index contributed by atoms with van der Waals surface area (Å²) in [4.78, 5) is 0. The average molecular weight is 428 g/mol. The van der Waals surface area contributed by atoms with E-state index in [2.05, 4.69) is 10.4 Å². The molecule has 2 heterocycles. The Balaban J connectivity index is 1.84. The number of rotatable bonds is 3. The molecule has 29 heavy (non-hydrogen) atoms. The van der Waals surface area contributed by atoms with Crippen molar-refractivity contribution in [3.05, 3.63) is 75.2 Å². The van der Waals surface area contributed by atoms with Crippen LogP contribution in [0.15, 0.2) is 24.3 Å². The van der Waals surface area contributed by atoms with Gasteiger partial charge in [-0.25, -0.2) is 22.0 Å². The first-order valence-electron chi connectivity index (χ1n) is 8.94. The summed E-state index contributed by atoms with van der Waals surface area (Å²) in [5.74, 6) is -9.78. The van der Waals surface area contributed by atoms with Crippen LogP contribution in [-0.4, -0.2) is 22.9 Å². The first-order chi connectivity index (χ1) is 13.9. The summed E-state index contributed by atoms with van der Waals surface area (Å²) in [7, 11) is 0. The largest absolute Gasteiger partial charge is 0.316 e. The molecule has 0 saturated heterocycles. The van der Waals surface area contributed by atoms with Crippen molar-refractivity contribution in [3.63, 3.8) is 0 Å². The van der Waals surface area contributed by atoms with Crippen molar-refractivity contribution in [1.82, 2.24) is 15.1 Å². The molecule has 0 amide bonds. The summed E-state index contributed by atoms with van der Waals surface area (Å²) in [6.45, 7) is 0.722. The van der Waals surface area contributed by atoms with Gasteiger partial charge >= 0.3 is 0 Å². The smallest absolute Gasteiger partial charge is 0.200 e. The maximum Gasteiger partial charge on any atom is 0.200 e. The lowest BCUT2D eigenvalue weighted by atomic mass is 10.0. The number of hydrogen-bond acceptors (Lipinski definition) is 2. The summed E-state index contributed by atoms with van der Waals surface area (Å²) >= 11 is 5.94. The zero-order chi connectivity index (χ0) is 20.7. The summed E-state index contributed by atoms with van der Waals surface area (Å²) < 4.78 is 70.3. The summed E-state index contributed by atoms with van der Waals surface area (Å²) in [6.07, 6.45) is 1.12. The van der Waals surface area contributed by atoms with E-state index in [1.165, 1.54) is 4.68 Å². The Kier molecular flexibility index (Phi) is 5.31. The van der Waals surface area contributed by atoms with E-state index in [1.807, 2.05) is 0 Å². The lowest BCUT2D eigenvalue weighted by molar-refractivity contribution is 0.366. The van der Waals surface area contributed by atoms with Gasteiger partial charge in [0, 0.05) is 34.8 Å². The van der Waals surface area contributed by atoms with Crippen molar-refractivity contribution in [2.45, 2.75) is 19.4 Å². The van der Waals surface area contributed by atoms with Crippen LogP contribution >= 0.6 is 11.6 Å². The summed E-state index contributed by atoms with van der Waals surface area (Å²) in [6, 6.07) is 6.93. The highest BCUT2D eigenvalue weighted by Gasteiger charge is 2.28. The molecule has 152 valence electrons. The van der Waals surface area contributed by atoms with Crippen LogP contribution in [0.5, 0.6) is 0 Å². The van der Waals surface area contributed by atoms with Gasteiger partial charge in [0.05, 0.1) is 17.8 Å². The molecule has 1 aliphatic heterocycles. The maximum absolute atomic E-state index is 14.2. The highest BCUT2D eigenvalue weighted by molar-refractivity contribution is 6.30. The molecule has 0 radical (unpaired) electrons. The quantitative estimate of drug-likeness (QED) is 0.375. The Bertz CT molecular complexity index is 1050. The van der Waals surface area contributed by atoms with Gasteiger partial charge in [-0.1, -0.05) is 23.7 Å². The van der Waals surface area contributed by atoms with Crippen LogP contribution in [0.2, 0.25) is 5.02 Å². The minimum atomic E-state index is -2.17. The Morgan fingerprint density at radius 1 is 0.862 bits per heavy atom. The third-order valence-electron chi connectivity index (χ3n) is 4.98. The molecule has 0 fully saturated rings.